The van der Waals surface area contributed by atoms with Gasteiger partial charge in [-0.15, -0.1) is 11.6 Å². The molecular formula is C20H23Cl2N5O2. The Kier molecular flexibility index (Phi) is 6.92. The fraction of sp³-hybridized carbons (Fsp3) is 0.400. The molecule has 0 aliphatic heterocycles. The Morgan fingerprint density at radius 1 is 1.34 bits per heavy atom. The molecule has 2 aromatic heterocycles. The van der Waals surface area contributed by atoms with Crippen molar-refractivity contribution >= 4 is 29.3 Å². The van der Waals surface area contributed by atoms with Gasteiger partial charge in [-0.05, 0) is 24.6 Å². The van der Waals surface area contributed by atoms with Crippen molar-refractivity contribution in [2.45, 2.75) is 45.4 Å². The summed E-state index contributed by atoms with van der Waals surface area (Å²) >= 11 is 12.3. The summed E-state index contributed by atoms with van der Waals surface area (Å²) in [5, 5.41) is 4.02. The minimum Gasteiger partial charge on any atom is -0.339 e. The number of benzene rings is 1. The first-order valence-electron chi connectivity index (χ1n) is 9.50. The van der Waals surface area contributed by atoms with Gasteiger partial charge in [-0.3, -0.25) is 9.21 Å². The minimum atomic E-state index is -0.241. The van der Waals surface area contributed by atoms with Gasteiger partial charge in [0, 0.05) is 35.5 Å². The van der Waals surface area contributed by atoms with Gasteiger partial charge in [-0.25, -0.2) is 4.98 Å². The van der Waals surface area contributed by atoms with Gasteiger partial charge in [-0.2, -0.15) is 4.98 Å². The van der Waals surface area contributed by atoms with Crippen molar-refractivity contribution < 1.29 is 9.32 Å². The Morgan fingerprint density at radius 2 is 2.14 bits per heavy atom. The highest BCUT2D eigenvalue weighted by molar-refractivity contribution is 6.24. The fourth-order valence-corrected chi connectivity index (χ4v) is 3.28. The summed E-state index contributed by atoms with van der Waals surface area (Å²) in [6.45, 7) is 6.50. The van der Waals surface area contributed by atoms with Gasteiger partial charge >= 0.3 is 0 Å². The smallest absolute Gasteiger partial charge is 0.268 e. The lowest BCUT2D eigenvalue weighted by Crippen LogP contribution is -2.22. The molecule has 29 heavy (non-hydrogen) atoms. The summed E-state index contributed by atoms with van der Waals surface area (Å²) in [4.78, 5) is 21.4. The minimum absolute atomic E-state index is 0.117. The van der Waals surface area contributed by atoms with Crippen LogP contribution in [0.3, 0.4) is 0 Å². The van der Waals surface area contributed by atoms with E-state index in [1.165, 1.54) is 4.42 Å². The standard InChI is InChI=1S/C20H23Cl2N5O2/c1-4-5-9-27(22)20(28)14-7-6-8-15(10-14)26-12-23-17(16(26)11-21)18-24-19(13(2)3)29-25-18/h6-8,10,12-13H,4-5,9,11H2,1-3H3. The second kappa shape index (κ2) is 9.41. The number of hydrogen-bond donors (Lipinski definition) is 0. The van der Waals surface area contributed by atoms with E-state index in [9.17, 15) is 4.79 Å². The maximum absolute atomic E-state index is 12.6. The van der Waals surface area contributed by atoms with E-state index >= 15 is 0 Å². The molecule has 0 aliphatic rings. The zero-order valence-corrected chi connectivity index (χ0v) is 18.1. The van der Waals surface area contributed by atoms with Gasteiger partial charge in [0.15, 0.2) is 0 Å². The molecule has 0 unspecified atom stereocenters. The van der Waals surface area contributed by atoms with E-state index in [1.54, 1.807) is 24.5 Å². The van der Waals surface area contributed by atoms with Crippen LogP contribution < -0.4 is 0 Å². The van der Waals surface area contributed by atoms with E-state index in [4.69, 9.17) is 27.9 Å². The third-order valence-corrected chi connectivity index (χ3v) is 5.02. The summed E-state index contributed by atoms with van der Waals surface area (Å²) in [5.41, 5.74) is 2.50. The molecule has 3 aromatic rings. The Bertz CT molecular complexity index is 983. The molecule has 0 aliphatic carbocycles. The molecule has 0 fully saturated rings. The van der Waals surface area contributed by atoms with Crippen LogP contribution in [0.1, 0.15) is 61.5 Å². The highest BCUT2D eigenvalue weighted by Crippen LogP contribution is 2.26. The van der Waals surface area contributed by atoms with Crippen LogP contribution in [-0.4, -0.2) is 36.6 Å². The quantitative estimate of drug-likeness (QED) is 0.359. The molecule has 9 heteroatoms. The van der Waals surface area contributed by atoms with E-state index in [-0.39, 0.29) is 17.7 Å². The molecule has 1 aromatic carbocycles. The highest BCUT2D eigenvalue weighted by atomic mass is 35.5. The van der Waals surface area contributed by atoms with Crippen LogP contribution in [0, 0.1) is 0 Å². The van der Waals surface area contributed by atoms with Crippen LogP contribution in [0.5, 0.6) is 0 Å². The van der Waals surface area contributed by atoms with Gasteiger partial charge in [0.2, 0.25) is 11.7 Å². The second-order valence-corrected chi connectivity index (χ2v) is 7.62. The van der Waals surface area contributed by atoms with Gasteiger partial charge in [-0.1, -0.05) is 38.4 Å². The Hall–Kier alpha value is -2.38. The zero-order chi connectivity index (χ0) is 21.0. The monoisotopic (exact) mass is 435 g/mol. The normalized spacial score (nSPS) is 11.2. The SMILES string of the molecule is CCCCN(Cl)C(=O)c1cccc(-n2cnc(-c3noc(C(C)C)n3)c2CCl)c1. The molecule has 0 saturated heterocycles. The highest BCUT2D eigenvalue weighted by Gasteiger charge is 2.20. The maximum Gasteiger partial charge on any atom is 0.268 e. The topological polar surface area (TPSA) is 77.0 Å². The predicted octanol–water partition coefficient (Wildman–Crippen LogP) is 5.18. The molecule has 0 bridgehead atoms. The van der Waals surface area contributed by atoms with E-state index in [1.807, 2.05) is 31.4 Å². The number of carbonyl (C=O) groups excluding carboxylic acids is 1. The number of imidazole rings is 1. The molecule has 0 spiro atoms. The number of carbonyl (C=O) groups is 1. The van der Waals surface area contributed by atoms with Gasteiger partial charge in [0.25, 0.3) is 5.91 Å². The van der Waals surface area contributed by atoms with E-state index in [0.29, 0.717) is 35.2 Å². The average Bonchev–Trinajstić information content (AvgIpc) is 3.38. The van der Waals surface area contributed by atoms with Crippen molar-refractivity contribution in [3.8, 4) is 17.2 Å². The van der Waals surface area contributed by atoms with Crippen molar-refractivity contribution in [1.82, 2.24) is 24.1 Å². The number of halogens is 2. The predicted molar refractivity (Wildman–Crippen MR) is 112 cm³/mol. The third-order valence-electron chi connectivity index (χ3n) is 4.44. The molecule has 0 atom stereocenters. The number of nitrogens with zero attached hydrogens (tertiary/aromatic N) is 5. The van der Waals surface area contributed by atoms with Crippen LogP contribution in [0.15, 0.2) is 35.1 Å². The molecule has 0 radical (unpaired) electrons. The van der Waals surface area contributed by atoms with Crippen molar-refractivity contribution in [3.05, 3.63) is 47.7 Å². The van der Waals surface area contributed by atoms with Crippen LogP contribution in [0.2, 0.25) is 0 Å². The summed E-state index contributed by atoms with van der Waals surface area (Å²) in [7, 11) is 0. The molecule has 1 amide bonds. The largest absolute Gasteiger partial charge is 0.339 e. The number of aromatic nitrogens is 4. The Balaban J connectivity index is 1.93. The Labute approximate surface area is 179 Å². The summed E-state index contributed by atoms with van der Waals surface area (Å²) in [6, 6.07) is 7.18. The summed E-state index contributed by atoms with van der Waals surface area (Å²) in [6.07, 6.45) is 3.44. The molecule has 7 nitrogen and oxygen atoms in total. The first-order valence-corrected chi connectivity index (χ1v) is 10.4. The van der Waals surface area contributed by atoms with Gasteiger partial charge < -0.3 is 9.09 Å². The molecule has 0 saturated carbocycles. The fourth-order valence-electron chi connectivity index (χ4n) is 2.80. The number of hydrogen-bond acceptors (Lipinski definition) is 5. The lowest BCUT2D eigenvalue weighted by Gasteiger charge is -2.14. The molecular weight excluding hydrogens is 413 g/mol. The maximum atomic E-state index is 12.6. The lowest BCUT2D eigenvalue weighted by atomic mass is 10.1. The van der Waals surface area contributed by atoms with Crippen molar-refractivity contribution in [3.63, 3.8) is 0 Å². The Morgan fingerprint density at radius 3 is 2.79 bits per heavy atom. The third kappa shape index (κ3) is 4.62. The average molecular weight is 436 g/mol. The molecule has 0 N–H and O–H groups in total. The zero-order valence-electron chi connectivity index (χ0n) is 16.6. The number of unbranched alkanes of at least 4 members (excludes halogenated alkanes) is 1. The number of amides is 1. The van der Waals surface area contributed by atoms with Gasteiger partial charge in [0.05, 0.1) is 11.6 Å². The molecule has 2 heterocycles. The number of rotatable bonds is 8. The molecule has 3 rings (SSSR count). The van der Waals surface area contributed by atoms with Crippen molar-refractivity contribution in [2.24, 2.45) is 0 Å². The molecule has 154 valence electrons. The van der Waals surface area contributed by atoms with E-state index in [0.717, 1.165) is 18.5 Å². The van der Waals surface area contributed by atoms with Crippen LogP contribution >= 0.6 is 23.4 Å². The van der Waals surface area contributed by atoms with Crippen LogP contribution in [0.25, 0.3) is 17.2 Å². The van der Waals surface area contributed by atoms with E-state index in [2.05, 4.69) is 15.1 Å². The first kappa shape index (κ1) is 21.3. The first-order chi connectivity index (χ1) is 14.0. The van der Waals surface area contributed by atoms with Gasteiger partial charge in [0.1, 0.15) is 12.0 Å². The van der Waals surface area contributed by atoms with E-state index < -0.39 is 0 Å². The van der Waals surface area contributed by atoms with Crippen LogP contribution in [-0.2, 0) is 5.88 Å². The lowest BCUT2D eigenvalue weighted by molar-refractivity contribution is 0.0862. The van der Waals surface area contributed by atoms with Crippen LogP contribution in [0.4, 0.5) is 0 Å². The van der Waals surface area contributed by atoms with Crippen molar-refractivity contribution in [1.29, 1.82) is 0 Å². The van der Waals surface area contributed by atoms with Crippen molar-refractivity contribution in [2.75, 3.05) is 6.54 Å². The number of alkyl halides is 1. The second-order valence-electron chi connectivity index (χ2n) is 6.95. The summed E-state index contributed by atoms with van der Waals surface area (Å²) < 4.78 is 8.32. The summed E-state index contributed by atoms with van der Waals surface area (Å²) in [5.74, 6) is 0.997.